The Labute approximate surface area is 133 Å². The summed E-state index contributed by atoms with van der Waals surface area (Å²) < 4.78 is 5.41. The highest BCUT2D eigenvalue weighted by atomic mass is 16.5. The van der Waals surface area contributed by atoms with E-state index >= 15 is 0 Å². The second-order valence-electron chi connectivity index (χ2n) is 6.42. The van der Waals surface area contributed by atoms with Crippen molar-refractivity contribution >= 4 is 6.03 Å². The molecule has 1 aromatic rings. The van der Waals surface area contributed by atoms with Gasteiger partial charge in [-0.15, -0.1) is 0 Å². The first-order valence-electron chi connectivity index (χ1n) is 7.61. The summed E-state index contributed by atoms with van der Waals surface area (Å²) in [5, 5.41) is 15.1. The lowest BCUT2D eigenvalue weighted by atomic mass is 9.87. The fourth-order valence-corrected chi connectivity index (χ4v) is 2.44. The Morgan fingerprint density at radius 1 is 1.27 bits per heavy atom. The molecule has 2 unspecified atom stereocenters. The number of urea groups is 1. The average molecular weight is 308 g/mol. The number of aliphatic hydroxyl groups is 1. The Morgan fingerprint density at radius 3 is 2.45 bits per heavy atom. The van der Waals surface area contributed by atoms with E-state index in [-0.39, 0.29) is 23.7 Å². The SMILES string of the molecule is COC(CNC(=O)NCC(C)(C)CC(C)O)c1ccccc1. The van der Waals surface area contributed by atoms with E-state index in [0.717, 1.165) is 5.56 Å². The Balaban J connectivity index is 2.39. The third-order valence-electron chi connectivity index (χ3n) is 3.48. The molecule has 0 aromatic heterocycles. The Hall–Kier alpha value is -1.59. The minimum Gasteiger partial charge on any atom is -0.393 e. The van der Waals surface area contributed by atoms with E-state index in [1.807, 2.05) is 44.2 Å². The molecule has 2 amide bonds. The third-order valence-corrected chi connectivity index (χ3v) is 3.48. The van der Waals surface area contributed by atoms with Crippen LogP contribution < -0.4 is 10.6 Å². The summed E-state index contributed by atoms with van der Waals surface area (Å²) in [6.45, 7) is 6.70. The minimum absolute atomic E-state index is 0.147. The number of carbonyl (C=O) groups excluding carboxylic acids is 1. The lowest BCUT2D eigenvalue weighted by Gasteiger charge is -2.26. The van der Waals surface area contributed by atoms with Crippen molar-refractivity contribution in [1.82, 2.24) is 10.6 Å². The van der Waals surface area contributed by atoms with Gasteiger partial charge in [-0.1, -0.05) is 44.2 Å². The standard InChI is InChI=1S/C17H28N2O3/c1-13(20)10-17(2,3)12-19-16(21)18-11-15(22-4)14-8-6-5-7-9-14/h5-9,13,15,20H,10-12H2,1-4H3,(H2,18,19,21). The van der Waals surface area contributed by atoms with Crippen LogP contribution in [0.5, 0.6) is 0 Å². The zero-order chi connectivity index (χ0) is 16.6. The smallest absolute Gasteiger partial charge is 0.314 e. The summed E-state index contributed by atoms with van der Waals surface area (Å²) >= 11 is 0. The molecule has 0 radical (unpaired) electrons. The predicted octanol–water partition coefficient (Wildman–Crippen LogP) is 2.47. The van der Waals surface area contributed by atoms with Gasteiger partial charge in [-0.05, 0) is 24.3 Å². The van der Waals surface area contributed by atoms with Crippen molar-refractivity contribution in [1.29, 1.82) is 0 Å². The van der Waals surface area contributed by atoms with E-state index < -0.39 is 0 Å². The summed E-state index contributed by atoms with van der Waals surface area (Å²) in [5.41, 5.74) is 0.880. The van der Waals surface area contributed by atoms with E-state index in [0.29, 0.717) is 19.5 Å². The number of carbonyl (C=O) groups is 1. The van der Waals surface area contributed by atoms with Crippen molar-refractivity contribution in [3.8, 4) is 0 Å². The molecule has 0 aliphatic carbocycles. The minimum atomic E-state index is -0.379. The maximum Gasteiger partial charge on any atom is 0.314 e. The quantitative estimate of drug-likeness (QED) is 0.691. The average Bonchev–Trinajstić information content (AvgIpc) is 2.46. The van der Waals surface area contributed by atoms with E-state index in [4.69, 9.17) is 4.74 Å². The van der Waals surface area contributed by atoms with Gasteiger partial charge in [-0.2, -0.15) is 0 Å². The summed E-state index contributed by atoms with van der Waals surface area (Å²) in [6, 6.07) is 9.55. The van der Waals surface area contributed by atoms with Gasteiger partial charge in [-0.25, -0.2) is 4.79 Å². The van der Waals surface area contributed by atoms with Crippen molar-refractivity contribution in [2.45, 2.75) is 39.4 Å². The molecule has 5 nitrogen and oxygen atoms in total. The zero-order valence-electron chi connectivity index (χ0n) is 13.9. The van der Waals surface area contributed by atoms with Crippen molar-refractivity contribution in [3.63, 3.8) is 0 Å². The van der Waals surface area contributed by atoms with Gasteiger partial charge in [0, 0.05) is 20.2 Å². The maximum absolute atomic E-state index is 11.9. The topological polar surface area (TPSA) is 70.6 Å². The van der Waals surface area contributed by atoms with Crippen LogP contribution in [0.1, 0.15) is 38.9 Å². The van der Waals surface area contributed by atoms with Gasteiger partial charge in [0.2, 0.25) is 0 Å². The van der Waals surface area contributed by atoms with Crippen molar-refractivity contribution in [3.05, 3.63) is 35.9 Å². The van der Waals surface area contributed by atoms with E-state index in [1.165, 1.54) is 0 Å². The van der Waals surface area contributed by atoms with Crippen LogP contribution in [0, 0.1) is 5.41 Å². The fourth-order valence-electron chi connectivity index (χ4n) is 2.44. The molecule has 5 heteroatoms. The molecule has 0 saturated heterocycles. The van der Waals surface area contributed by atoms with Crippen LogP contribution in [0.25, 0.3) is 0 Å². The summed E-state index contributed by atoms with van der Waals surface area (Å²) in [5.74, 6) is 0. The molecule has 1 aromatic carbocycles. The first kappa shape index (κ1) is 18.5. The number of nitrogens with one attached hydrogen (secondary N) is 2. The number of ether oxygens (including phenoxy) is 1. The molecule has 3 N–H and O–H groups in total. The molecule has 1 rings (SSSR count). The molecule has 22 heavy (non-hydrogen) atoms. The van der Waals surface area contributed by atoms with Gasteiger partial charge in [0.25, 0.3) is 0 Å². The highest BCUT2D eigenvalue weighted by molar-refractivity contribution is 5.73. The summed E-state index contributed by atoms with van der Waals surface area (Å²) in [6.07, 6.45) is 0.0890. The van der Waals surface area contributed by atoms with E-state index in [1.54, 1.807) is 14.0 Å². The lowest BCUT2D eigenvalue weighted by molar-refractivity contribution is 0.103. The van der Waals surface area contributed by atoms with Crippen LogP contribution in [-0.2, 0) is 4.74 Å². The Morgan fingerprint density at radius 2 is 1.91 bits per heavy atom. The number of amides is 2. The summed E-state index contributed by atoms with van der Waals surface area (Å²) in [4.78, 5) is 11.9. The van der Waals surface area contributed by atoms with Gasteiger partial charge in [0.1, 0.15) is 0 Å². The number of benzene rings is 1. The van der Waals surface area contributed by atoms with Crippen LogP contribution in [0.3, 0.4) is 0 Å². The van der Waals surface area contributed by atoms with Crippen LogP contribution in [0.2, 0.25) is 0 Å². The predicted molar refractivity (Wildman–Crippen MR) is 87.7 cm³/mol. The molecule has 0 aliphatic heterocycles. The zero-order valence-corrected chi connectivity index (χ0v) is 13.9. The molecule has 0 saturated carbocycles. The fraction of sp³-hybridized carbons (Fsp3) is 0.588. The van der Waals surface area contributed by atoms with Crippen molar-refractivity contribution in [2.75, 3.05) is 20.2 Å². The van der Waals surface area contributed by atoms with Crippen LogP contribution in [0.15, 0.2) is 30.3 Å². The van der Waals surface area contributed by atoms with Gasteiger partial charge in [-0.3, -0.25) is 0 Å². The molecule has 124 valence electrons. The molecule has 0 bridgehead atoms. The van der Waals surface area contributed by atoms with Crippen molar-refractivity contribution in [2.24, 2.45) is 5.41 Å². The van der Waals surface area contributed by atoms with Crippen molar-refractivity contribution < 1.29 is 14.6 Å². The highest BCUT2D eigenvalue weighted by Gasteiger charge is 2.21. The van der Waals surface area contributed by atoms with Crippen LogP contribution >= 0.6 is 0 Å². The Kier molecular flexibility index (Phi) is 7.35. The monoisotopic (exact) mass is 308 g/mol. The molecular weight excluding hydrogens is 280 g/mol. The van der Waals surface area contributed by atoms with Gasteiger partial charge >= 0.3 is 6.03 Å². The number of methoxy groups -OCH3 is 1. The second kappa shape index (κ2) is 8.76. The number of hydrogen-bond acceptors (Lipinski definition) is 3. The molecular formula is C17H28N2O3. The second-order valence-corrected chi connectivity index (χ2v) is 6.42. The number of hydrogen-bond donors (Lipinski definition) is 3. The number of aliphatic hydroxyl groups excluding tert-OH is 1. The molecule has 0 fully saturated rings. The van der Waals surface area contributed by atoms with Crippen LogP contribution in [-0.4, -0.2) is 37.4 Å². The maximum atomic E-state index is 11.9. The molecule has 2 atom stereocenters. The molecule has 0 spiro atoms. The van der Waals surface area contributed by atoms with Gasteiger partial charge < -0.3 is 20.5 Å². The van der Waals surface area contributed by atoms with E-state index in [2.05, 4.69) is 10.6 Å². The Bertz CT molecular complexity index is 446. The highest BCUT2D eigenvalue weighted by Crippen LogP contribution is 2.21. The largest absolute Gasteiger partial charge is 0.393 e. The third kappa shape index (κ3) is 6.91. The molecule has 0 aliphatic rings. The first-order valence-corrected chi connectivity index (χ1v) is 7.61. The lowest BCUT2D eigenvalue weighted by Crippen LogP contribution is -2.42. The summed E-state index contributed by atoms with van der Waals surface area (Å²) in [7, 11) is 1.63. The van der Waals surface area contributed by atoms with Crippen LogP contribution in [0.4, 0.5) is 4.79 Å². The molecule has 0 heterocycles. The van der Waals surface area contributed by atoms with Gasteiger partial charge in [0.15, 0.2) is 0 Å². The van der Waals surface area contributed by atoms with Gasteiger partial charge in [0.05, 0.1) is 12.2 Å². The first-order chi connectivity index (χ1) is 10.3. The van der Waals surface area contributed by atoms with E-state index in [9.17, 15) is 9.90 Å². The number of rotatable bonds is 8. The normalized spacial score (nSPS) is 14.2.